The van der Waals surface area contributed by atoms with Crippen LogP contribution in [0.2, 0.25) is 0 Å². The van der Waals surface area contributed by atoms with Crippen molar-refractivity contribution in [1.82, 2.24) is 5.32 Å². The molecule has 0 bridgehead atoms. The number of anilines is 1. The number of ether oxygens (including phenoxy) is 1. The number of hydrogen-bond donors (Lipinski definition) is 3. The maximum Gasteiger partial charge on any atom is 0.408 e. The second-order valence-corrected chi connectivity index (χ2v) is 5.48. The van der Waals surface area contributed by atoms with Crippen molar-refractivity contribution in [3.05, 3.63) is 29.8 Å². The molecule has 0 saturated heterocycles. The molecule has 22 heavy (non-hydrogen) atoms. The number of aliphatic carboxylic acids is 1. The normalized spacial score (nSPS) is 10.1. The van der Waals surface area contributed by atoms with Gasteiger partial charge in [-0.15, -0.1) is 0 Å². The molecule has 0 unspecified atom stereocenters. The fourth-order valence-electron chi connectivity index (χ4n) is 1.43. The van der Waals surface area contributed by atoms with Crippen LogP contribution in [0.3, 0.4) is 0 Å². The molecule has 0 aliphatic carbocycles. The highest BCUT2D eigenvalue weighted by Crippen LogP contribution is 2.08. The molecule has 6 heteroatoms. The van der Waals surface area contributed by atoms with Crippen LogP contribution in [0.25, 0.3) is 0 Å². The lowest BCUT2D eigenvalue weighted by atomic mass is 10.2. The van der Waals surface area contributed by atoms with E-state index in [1.165, 1.54) is 0 Å². The molecule has 0 aliphatic heterocycles. The second-order valence-electron chi connectivity index (χ2n) is 5.48. The second kappa shape index (κ2) is 7.93. The minimum Gasteiger partial charge on any atom is -0.480 e. The molecule has 0 aliphatic rings. The highest BCUT2D eigenvalue weighted by atomic mass is 16.6. The number of amides is 1. The molecule has 0 fully saturated rings. The van der Waals surface area contributed by atoms with E-state index in [0.29, 0.717) is 5.69 Å². The van der Waals surface area contributed by atoms with Gasteiger partial charge in [0, 0.05) is 11.3 Å². The van der Waals surface area contributed by atoms with E-state index < -0.39 is 17.7 Å². The van der Waals surface area contributed by atoms with Gasteiger partial charge in [0.15, 0.2) is 0 Å². The molecular weight excluding hydrogens is 284 g/mol. The summed E-state index contributed by atoms with van der Waals surface area (Å²) in [4.78, 5) is 21.8. The standard InChI is InChI=1S/C16H20N2O4/c1-16(2,3)22-15(21)17-10-4-5-12-6-8-13(9-7-12)18-11-14(19)20/h6-9,18H,10-11H2,1-3H3,(H,17,21)(H,19,20). The predicted molar refractivity (Wildman–Crippen MR) is 83.7 cm³/mol. The van der Waals surface area contributed by atoms with Gasteiger partial charge in [0.2, 0.25) is 0 Å². The van der Waals surface area contributed by atoms with Gasteiger partial charge in [0.25, 0.3) is 0 Å². The summed E-state index contributed by atoms with van der Waals surface area (Å²) in [7, 11) is 0. The average Bonchev–Trinajstić information content (AvgIpc) is 2.40. The Kier molecular flexibility index (Phi) is 6.26. The van der Waals surface area contributed by atoms with Crippen LogP contribution in [0.4, 0.5) is 10.5 Å². The first-order valence-corrected chi connectivity index (χ1v) is 6.78. The van der Waals surface area contributed by atoms with Crippen LogP contribution in [0.5, 0.6) is 0 Å². The third-order valence-electron chi connectivity index (χ3n) is 2.28. The Morgan fingerprint density at radius 1 is 1.23 bits per heavy atom. The summed E-state index contributed by atoms with van der Waals surface area (Å²) >= 11 is 0. The lowest BCUT2D eigenvalue weighted by Crippen LogP contribution is -2.32. The van der Waals surface area contributed by atoms with E-state index in [9.17, 15) is 9.59 Å². The Balaban J connectivity index is 2.42. The smallest absolute Gasteiger partial charge is 0.408 e. The average molecular weight is 304 g/mol. The van der Waals surface area contributed by atoms with Crippen LogP contribution in [0, 0.1) is 11.8 Å². The van der Waals surface area contributed by atoms with Crippen LogP contribution < -0.4 is 10.6 Å². The maximum atomic E-state index is 11.4. The van der Waals surface area contributed by atoms with Crippen molar-refractivity contribution >= 4 is 17.7 Å². The fourth-order valence-corrected chi connectivity index (χ4v) is 1.43. The molecule has 1 rings (SSSR count). The van der Waals surface area contributed by atoms with E-state index in [-0.39, 0.29) is 13.1 Å². The first-order chi connectivity index (χ1) is 10.3. The van der Waals surface area contributed by atoms with Gasteiger partial charge in [0.05, 0.1) is 6.54 Å². The van der Waals surface area contributed by atoms with Crippen LogP contribution in [-0.2, 0) is 9.53 Å². The maximum absolute atomic E-state index is 11.4. The molecule has 0 heterocycles. The number of nitrogens with one attached hydrogen (secondary N) is 2. The van der Waals surface area contributed by atoms with Crippen molar-refractivity contribution in [3.63, 3.8) is 0 Å². The summed E-state index contributed by atoms with van der Waals surface area (Å²) in [5.74, 6) is 4.78. The quantitative estimate of drug-likeness (QED) is 0.741. The summed E-state index contributed by atoms with van der Waals surface area (Å²) in [5, 5.41) is 13.9. The molecule has 0 spiro atoms. The lowest BCUT2D eigenvalue weighted by Gasteiger charge is -2.18. The lowest BCUT2D eigenvalue weighted by molar-refractivity contribution is -0.134. The number of rotatable bonds is 4. The van der Waals surface area contributed by atoms with Crippen molar-refractivity contribution in [2.24, 2.45) is 0 Å². The van der Waals surface area contributed by atoms with Gasteiger partial charge in [-0.25, -0.2) is 4.79 Å². The van der Waals surface area contributed by atoms with Crippen LogP contribution in [0.1, 0.15) is 26.3 Å². The molecule has 118 valence electrons. The Labute approximate surface area is 129 Å². The number of carboxylic acids is 1. The Bertz CT molecular complexity index is 577. The number of carboxylic acid groups (broad SMARTS) is 1. The predicted octanol–water partition coefficient (Wildman–Crippen LogP) is 2.06. The Morgan fingerprint density at radius 2 is 1.86 bits per heavy atom. The van der Waals surface area contributed by atoms with Crippen LogP contribution in [-0.4, -0.2) is 35.9 Å². The molecule has 0 saturated carbocycles. The molecule has 0 atom stereocenters. The van der Waals surface area contributed by atoms with E-state index in [4.69, 9.17) is 9.84 Å². The molecule has 1 aromatic rings. The van der Waals surface area contributed by atoms with E-state index >= 15 is 0 Å². The molecule has 0 aromatic heterocycles. The minimum absolute atomic E-state index is 0.134. The largest absolute Gasteiger partial charge is 0.480 e. The zero-order valence-corrected chi connectivity index (χ0v) is 12.9. The first-order valence-electron chi connectivity index (χ1n) is 6.78. The van der Waals surface area contributed by atoms with Crippen molar-refractivity contribution in [2.75, 3.05) is 18.4 Å². The van der Waals surface area contributed by atoms with Gasteiger partial charge >= 0.3 is 12.1 Å². The van der Waals surface area contributed by atoms with Gasteiger partial charge < -0.3 is 20.5 Å². The summed E-state index contributed by atoms with van der Waals surface area (Å²) in [6.45, 7) is 5.42. The van der Waals surface area contributed by atoms with E-state index in [0.717, 1.165) is 5.56 Å². The Morgan fingerprint density at radius 3 is 2.41 bits per heavy atom. The highest BCUT2D eigenvalue weighted by Gasteiger charge is 2.14. The number of hydrogen-bond acceptors (Lipinski definition) is 4. The molecular formula is C16H20N2O4. The monoisotopic (exact) mass is 304 g/mol. The van der Waals surface area contributed by atoms with E-state index in [2.05, 4.69) is 22.5 Å². The summed E-state index contributed by atoms with van der Waals surface area (Å²) < 4.78 is 5.08. The third-order valence-corrected chi connectivity index (χ3v) is 2.28. The fraction of sp³-hybridized carbons (Fsp3) is 0.375. The SMILES string of the molecule is CC(C)(C)OC(=O)NCC#Cc1ccc(NCC(=O)O)cc1. The van der Waals surface area contributed by atoms with Gasteiger partial charge in [-0.2, -0.15) is 0 Å². The highest BCUT2D eigenvalue weighted by molar-refractivity contribution is 5.72. The zero-order chi connectivity index (χ0) is 16.6. The van der Waals surface area contributed by atoms with Gasteiger partial charge in [-0.1, -0.05) is 11.8 Å². The molecule has 0 radical (unpaired) electrons. The molecule has 1 aromatic carbocycles. The topological polar surface area (TPSA) is 87.7 Å². The summed E-state index contributed by atoms with van der Waals surface area (Å²) in [6.07, 6.45) is -0.505. The van der Waals surface area contributed by atoms with E-state index in [1.54, 1.807) is 45.0 Å². The van der Waals surface area contributed by atoms with Crippen molar-refractivity contribution in [2.45, 2.75) is 26.4 Å². The summed E-state index contributed by atoms with van der Waals surface area (Å²) in [6, 6.07) is 7.03. The van der Waals surface area contributed by atoms with E-state index in [1.807, 2.05) is 0 Å². The number of benzene rings is 1. The number of carbonyl (C=O) groups excluding carboxylic acids is 1. The third kappa shape index (κ3) is 7.80. The van der Waals surface area contributed by atoms with Crippen LogP contribution in [0.15, 0.2) is 24.3 Å². The molecule has 3 N–H and O–H groups in total. The minimum atomic E-state index is -0.919. The molecule has 1 amide bonds. The van der Waals surface area contributed by atoms with Crippen LogP contribution >= 0.6 is 0 Å². The van der Waals surface area contributed by atoms with Gasteiger partial charge in [0.1, 0.15) is 12.1 Å². The number of alkyl carbamates (subject to hydrolysis) is 1. The van der Waals surface area contributed by atoms with Crippen molar-refractivity contribution in [3.8, 4) is 11.8 Å². The van der Waals surface area contributed by atoms with Gasteiger partial charge in [-0.05, 0) is 45.0 Å². The zero-order valence-electron chi connectivity index (χ0n) is 12.9. The van der Waals surface area contributed by atoms with Gasteiger partial charge in [-0.3, -0.25) is 4.79 Å². The number of carbonyl (C=O) groups is 2. The van der Waals surface area contributed by atoms with Crippen molar-refractivity contribution < 1.29 is 19.4 Å². The summed E-state index contributed by atoms with van der Waals surface area (Å²) in [5.41, 5.74) is 0.947. The first kappa shape index (κ1) is 17.4. The van der Waals surface area contributed by atoms with Crippen molar-refractivity contribution in [1.29, 1.82) is 0 Å². The Hall–Kier alpha value is -2.68. The molecule has 6 nitrogen and oxygen atoms in total.